The Morgan fingerprint density at radius 3 is 2.73 bits per heavy atom. The zero-order chi connectivity index (χ0) is 10.8. The van der Waals surface area contributed by atoms with Gasteiger partial charge in [0.25, 0.3) is 5.89 Å². The number of rotatable bonds is 3. The minimum absolute atomic E-state index is 0.242. The van der Waals surface area contributed by atoms with Crippen molar-refractivity contribution in [3.63, 3.8) is 0 Å². The van der Waals surface area contributed by atoms with E-state index in [0.717, 1.165) is 0 Å². The monoisotopic (exact) mass is 207 g/mol. The van der Waals surface area contributed by atoms with Gasteiger partial charge in [-0.2, -0.15) is 4.98 Å². The Balaban J connectivity index is 2.28. The van der Waals surface area contributed by atoms with E-state index >= 15 is 0 Å². The second-order valence-corrected chi connectivity index (χ2v) is 3.58. The maximum atomic E-state index is 5.43. The molecule has 80 valence electrons. The molecule has 2 N–H and O–H groups in total. The van der Waals surface area contributed by atoms with Crippen LogP contribution in [-0.4, -0.2) is 10.1 Å². The van der Waals surface area contributed by atoms with Crippen molar-refractivity contribution in [1.29, 1.82) is 0 Å². The Morgan fingerprint density at radius 2 is 2.20 bits per heavy atom. The van der Waals surface area contributed by atoms with Gasteiger partial charge in [-0.15, -0.1) is 0 Å². The fraction of sp³-hybridized carbons (Fsp3) is 0.400. The Bertz CT molecular complexity index is 445. The van der Waals surface area contributed by atoms with Crippen LogP contribution in [0.4, 0.5) is 0 Å². The van der Waals surface area contributed by atoms with Crippen LogP contribution in [0.5, 0.6) is 0 Å². The van der Waals surface area contributed by atoms with Crippen molar-refractivity contribution < 1.29 is 8.94 Å². The van der Waals surface area contributed by atoms with Crippen molar-refractivity contribution >= 4 is 0 Å². The predicted molar refractivity (Wildman–Crippen MR) is 54.0 cm³/mol. The molecule has 0 amide bonds. The lowest BCUT2D eigenvalue weighted by Gasteiger charge is -1.91. The van der Waals surface area contributed by atoms with Gasteiger partial charge in [0.15, 0.2) is 11.6 Å². The quantitative estimate of drug-likeness (QED) is 0.831. The van der Waals surface area contributed by atoms with Gasteiger partial charge < -0.3 is 14.7 Å². The summed E-state index contributed by atoms with van der Waals surface area (Å²) in [4.78, 5) is 4.22. The first-order valence-electron chi connectivity index (χ1n) is 4.83. The van der Waals surface area contributed by atoms with Crippen molar-refractivity contribution in [3.8, 4) is 11.7 Å². The fourth-order valence-corrected chi connectivity index (χ4v) is 1.17. The third-order valence-electron chi connectivity index (χ3n) is 2.03. The molecule has 15 heavy (non-hydrogen) atoms. The van der Waals surface area contributed by atoms with E-state index in [0.29, 0.717) is 29.8 Å². The summed E-state index contributed by atoms with van der Waals surface area (Å²) in [6.45, 7) is 4.37. The van der Waals surface area contributed by atoms with E-state index in [1.54, 1.807) is 12.1 Å². The smallest absolute Gasteiger partial charge is 0.293 e. The first-order valence-corrected chi connectivity index (χ1v) is 4.83. The molecule has 2 aromatic rings. The summed E-state index contributed by atoms with van der Waals surface area (Å²) in [5.74, 6) is 2.59. The lowest BCUT2D eigenvalue weighted by molar-refractivity contribution is 0.402. The molecule has 0 radical (unpaired) electrons. The standard InChI is InChI=1S/C10H13N3O2/c1-6(2)9-12-10(15-13-9)8-4-3-7(5-11)14-8/h3-4,6H,5,11H2,1-2H3. The van der Waals surface area contributed by atoms with Crippen LogP contribution < -0.4 is 5.73 Å². The van der Waals surface area contributed by atoms with Crippen LogP contribution >= 0.6 is 0 Å². The van der Waals surface area contributed by atoms with E-state index in [1.807, 2.05) is 13.8 Å². The molecule has 2 rings (SSSR count). The van der Waals surface area contributed by atoms with E-state index in [-0.39, 0.29) is 5.92 Å². The molecule has 0 fully saturated rings. The SMILES string of the molecule is CC(C)c1noc(-c2ccc(CN)o2)n1. The van der Waals surface area contributed by atoms with Gasteiger partial charge in [-0.05, 0) is 12.1 Å². The van der Waals surface area contributed by atoms with E-state index in [9.17, 15) is 0 Å². The van der Waals surface area contributed by atoms with Gasteiger partial charge in [-0.25, -0.2) is 0 Å². The highest BCUT2D eigenvalue weighted by Crippen LogP contribution is 2.21. The Morgan fingerprint density at radius 1 is 1.40 bits per heavy atom. The average molecular weight is 207 g/mol. The summed E-state index contributed by atoms with van der Waals surface area (Å²) in [6.07, 6.45) is 0. The number of nitrogens with zero attached hydrogens (tertiary/aromatic N) is 2. The highest BCUT2D eigenvalue weighted by atomic mass is 16.5. The molecule has 0 aliphatic carbocycles. The molecule has 0 unspecified atom stereocenters. The zero-order valence-electron chi connectivity index (χ0n) is 8.73. The average Bonchev–Trinajstić information content (AvgIpc) is 2.86. The van der Waals surface area contributed by atoms with Gasteiger partial charge in [0.05, 0.1) is 6.54 Å². The first kappa shape index (κ1) is 9.92. The predicted octanol–water partition coefficient (Wildman–Crippen LogP) is 1.91. The largest absolute Gasteiger partial charge is 0.455 e. The lowest BCUT2D eigenvalue weighted by Crippen LogP contribution is -1.92. The van der Waals surface area contributed by atoms with E-state index in [2.05, 4.69) is 10.1 Å². The molecular formula is C10H13N3O2. The third-order valence-corrected chi connectivity index (χ3v) is 2.03. The van der Waals surface area contributed by atoms with Crippen LogP contribution in [0.25, 0.3) is 11.7 Å². The van der Waals surface area contributed by atoms with Gasteiger partial charge in [0.2, 0.25) is 0 Å². The normalized spacial score (nSPS) is 11.2. The Kier molecular flexibility index (Phi) is 2.55. The molecule has 0 saturated carbocycles. The van der Waals surface area contributed by atoms with Crippen molar-refractivity contribution in [2.24, 2.45) is 5.73 Å². The van der Waals surface area contributed by atoms with Crippen LogP contribution in [0.2, 0.25) is 0 Å². The van der Waals surface area contributed by atoms with Crippen LogP contribution in [0.3, 0.4) is 0 Å². The Labute approximate surface area is 87.3 Å². The molecule has 0 aromatic carbocycles. The topological polar surface area (TPSA) is 78.1 Å². The number of nitrogens with two attached hydrogens (primary N) is 1. The van der Waals surface area contributed by atoms with E-state index < -0.39 is 0 Å². The maximum absolute atomic E-state index is 5.43. The molecule has 5 heteroatoms. The summed E-state index contributed by atoms with van der Waals surface area (Å²) in [7, 11) is 0. The van der Waals surface area contributed by atoms with Crippen LogP contribution in [0.1, 0.15) is 31.4 Å². The second-order valence-electron chi connectivity index (χ2n) is 3.58. The van der Waals surface area contributed by atoms with E-state index in [4.69, 9.17) is 14.7 Å². The number of furan rings is 1. The molecular weight excluding hydrogens is 194 g/mol. The highest BCUT2D eigenvalue weighted by molar-refractivity contribution is 5.44. The van der Waals surface area contributed by atoms with Crippen LogP contribution in [-0.2, 0) is 6.54 Å². The molecule has 0 bridgehead atoms. The molecule has 0 saturated heterocycles. The summed E-state index contributed by atoms with van der Waals surface area (Å²) in [6, 6.07) is 3.58. The molecule has 2 heterocycles. The summed E-state index contributed by atoms with van der Waals surface area (Å²) in [5, 5.41) is 3.85. The first-order chi connectivity index (χ1) is 7.20. The number of aromatic nitrogens is 2. The van der Waals surface area contributed by atoms with Gasteiger partial charge in [0, 0.05) is 5.92 Å². The van der Waals surface area contributed by atoms with Gasteiger partial charge in [-0.1, -0.05) is 19.0 Å². The molecule has 0 aliphatic rings. The second kappa shape index (κ2) is 3.86. The van der Waals surface area contributed by atoms with Crippen molar-refractivity contribution in [2.75, 3.05) is 0 Å². The van der Waals surface area contributed by atoms with Gasteiger partial charge in [0.1, 0.15) is 5.76 Å². The van der Waals surface area contributed by atoms with Crippen molar-refractivity contribution in [2.45, 2.75) is 26.3 Å². The summed E-state index contributed by atoms with van der Waals surface area (Å²) in [5.41, 5.74) is 5.43. The van der Waals surface area contributed by atoms with Crippen LogP contribution in [0.15, 0.2) is 21.1 Å². The number of hydrogen-bond acceptors (Lipinski definition) is 5. The van der Waals surface area contributed by atoms with Gasteiger partial charge in [-0.3, -0.25) is 0 Å². The van der Waals surface area contributed by atoms with Crippen LogP contribution in [0, 0.1) is 0 Å². The molecule has 0 aliphatic heterocycles. The molecule has 0 spiro atoms. The highest BCUT2D eigenvalue weighted by Gasteiger charge is 2.14. The van der Waals surface area contributed by atoms with Gasteiger partial charge >= 0.3 is 0 Å². The summed E-state index contributed by atoms with van der Waals surface area (Å²) < 4.78 is 10.5. The molecule has 2 aromatic heterocycles. The number of hydrogen-bond donors (Lipinski definition) is 1. The molecule has 0 atom stereocenters. The summed E-state index contributed by atoms with van der Waals surface area (Å²) >= 11 is 0. The lowest BCUT2D eigenvalue weighted by atomic mass is 10.2. The van der Waals surface area contributed by atoms with E-state index in [1.165, 1.54) is 0 Å². The zero-order valence-corrected chi connectivity index (χ0v) is 8.73. The maximum Gasteiger partial charge on any atom is 0.293 e. The third kappa shape index (κ3) is 1.92. The molecule has 5 nitrogen and oxygen atoms in total. The fourth-order valence-electron chi connectivity index (χ4n) is 1.17. The van der Waals surface area contributed by atoms with Crippen molar-refractivity contribution in [3.05, 3.63) is 23.7 Å². The minimum atomic E-state index is 0.242. The Hall–Kier alpha value is -1.62. The van der Waals surface area contributed by atoms with Crippen molar-refractivity contribution in [1.82, 2.24) is 10.1 Å². The minimum Gasteiger partial charge on any atom is -0.455 e.